The van der Waals surface area contributed by atoms with Crippen molar-refractivity contribution in [1.82, 2.24) is 10.4 Å². The van der Waals surface area contributed by atoms with Crippen LogP contribution < -0.4 is 11.3 Å². The number of hydrazine groups is 1. The van der Waals surface area contributed by atoms with E-state index in [0.29, 0.717) is 11.6 Å². The minimum absolute atomic E-state index is 0.0196. The molecule has 0 bridgehead atoms. The van der Waals surface area contributed by atoms with Crippen LogP contribution in [0.3, 0.4) is 0 Å². The fourth-order valence-corrected chi connectivity index (χ4v) is 1.64. The number of pyridine rings is 1. The van der Waals surface area contributed by atoms with Crippen LogP contribution in [0.25, 0.3) is 0 Å². The topological polar surface area (TPSA) is 60.2 Å². The Kier molecular flexibility index (Phi) is 5.57. The fraction of sp³-hybridized carbons (Fsp3) is 0.500. The van der Waals surface area contributed by atoms with Gasteiger partial charge in [-0.05, 0) is 25.0 Å². The third-order valence-electron chi connectivity index (χ3n) is 2.16. The van der Waals surface area contributed by atoms with Crippen LogP contribution in [0.1, 0.15) is 24.6 Å². The van der Waals surface area contributed by atoms with Crippen molar-refractivity contribution in [3.05, 3.63) is 29.0 Å². The quantitative estimate of drug-likeness (QED) is 0.443. The van der Waals surface area contributed by atoms with Crippen LogP contribution in [0.5, 0.6) is 0 Å². The molecule has 0 aliphatic carbocycles. The van der Waals surface area contributed by atoms with Crippen LogP contribution in [-0.2, 0) is 4.74 Å². The van der Waals surface area contributed by atoms with E-state index in [0.717, 1.165) is 18.5 Å². The van der Waals surface area contributed by atoms with Gasteiger partial charge in [0.15, 0.2) is 0 Å². The molecule has 5 heteroatoms. The largest absolute Gasteiger partial charge is 0.385 e. The van der Waals surface area contributed by atoms with Crippen molar-refractivity contribution >= 4 is 11.6 Å². The van der Waals surface area contributed by atoms with Gasteiger partial charge in [0.05, 0.1) is 16.8 Å². The maximum Gasteiger partial charge on any atom is 0.0772 e. The molecule has 1 heterocycles. The summed E-state index contributed by atoms with van der Waals surface area (Å²) in [6.07, 6.45) is 3.47. The molecule has 0 aliphatic rings. The van der Waals surface area contributed by atoms with E-state index < -0.39 is 0 Å². The molecule has 0 spiro atoms. The molecule has 1 atom stereocenters. The van der Waals surface area contributed by atoms with Crippen LogP contribution in [0.2, 0.25) is 5.02 Å². The van der Waals surface area contributed by atoms with E-state index >= 15 is 0 Å². The average molecular weight is 230 g/mol. The lowest BCUT2D eigenvalue weighted by molar-refractivity contribution is 0.188. The summed E-state index contributed by atoms with van der Waals surface area (Å²) in [7, 11) is 1.68. The molecule has 0 aliphatic heterocycles. The minimum atomic E-state index is -0.0196. The Morgan fingerprint density at radius 2 is 2.47 bits per heavy atom. The number of rotatable bonds is 6. The molecule has 1 aromatic heterocycles. The number of hydrogen-bond acceptors (Lipinski definition) is 4. The van der Waals surface area contributed by atoms with Crippen LogP contribution >= 0.6 is 11.6 Å². The Bertz CT molecular complexity index is 296. The molecular weight excluding hydrogens is 214 g/mol. The monoisotopic (exact) mass is 229 g/mol. The molecule has 84 valence electrons. The SMILES string of the molecule is COCCCC(NN)c1ncccc1Cl. The van der Waals surface area contributed by atoms with Crippen LogP contribution in [0, 0.1) is 0 Å². The molecule has 3 N–H and O–H groups in total. The number of hydrogen-bond donors (Lipinski definition) is 2. The number of methoxy groups -OCH3 is 1. The van der Waals surface area contributed by atoms with Crippen molar-refractivity contribution in [2.75, 3.05) is 13.7 Å². The fourth-order valence-electron chi connectivity index (χ4n) is 1.39. The van der Waals surface area contributed by atoms with Crippen molar-refractivity contribution in [1.29, 1.82) is 0 Å². The van der Waals surface area contributed by atoms with Crippen molar-refractivity contribution in [2.24, 2.45) is 5.84 Å². The van der Waals surface area contributed by atoms with E-state index in [1.54, 1.807) is 19.4 Å². The highest BCUT2D eigenvalue weighted by Gasteiger charge is 2.13. The van der Waals surface area contributed by atoms with Crippen molar-refractivity contribution < 1.29 is 4.74 Å². The van der Waals surface area contributed by atoms with Gasteiger partial charge in [-0.2, -0.15) is 0 Å². The number of ether oxygens (including phenoxy) is 1. The maximum absolute atomic E-state index is 6.02. The van der Waals surface area contributed by atoms with E-state index in [9.17, 15) is 0 Å². The van der Waals surface area contributed by atoms with Crippen LogP contribution in [0.15, 0.2) is 18.3 Å². The Labute approximate surface area is 94.8 Å². The molecule has 1 rings (SSSR count). The summed E-state index contributed by atoms with van der Waals surface area (Å²) >= 11 is 6.02. The second-order valence-electron chi connectivity index (χ2n) is 3.22. The minimum Gasteiger partial charge on any atom is -0.385 e. The third-order valence-corrected chi connectivity index (χ3v) is 2.48. The van der Waals surface area contributed by atoms with Gasteiger partial charge in [-0.25, -0.2) is 0 Å². The molecule has 4 nitrogen and oxygen atoms in total. The molecule has 1 aromatic rings. The summed E-state index contributed by atoms with van der Waals surface area (Å²) < 4.78 is 4.98. The Morgan fingerprint density at radius 3 is 3.07 bits per heavy atom. The first kappa shape index (κ1) is 12.4. The Morgan fingerprint density at radius 1 is 1.67 bits per heavy atom. The van der Waals surface area contributed by atoms with Crippen molar-refractivity contribution in [3.63, 3.8) is 0 Å². The van der Waals surface area contributed by atoms with Gasteiger partial charge in [0, 0.05) is 19.9 Å². The normalized spacial score (nSPS) is 12.7. The highest BCUT2D eigenvalue weighted by molar-refractivity contribution is 6.31. The predicted molar refractivity (Wildman–Crippen MR) is 60.4 cm³/mol. The molecule has 1 unspecified atom stereocenters. The molecule has 0 fully saturated rings. The summed E-state index contributed by atoms with van der Waals surface area (Å²) in [5.74, 6) is 5.47. The van der Waals surface area contributed by atoms with Gasteiger partial charge in [-0.15, -0.1) is 0 Å². The van der Waals surface area contributed by atoms with E-state index in [4.69, 9.17) is 22.2 Å². The summed E-state index contributed by atoms with van der Waals surface area (Å²) in [4.78, 5) is 4.21. The summed E-state index contributed by atoms with van der Waals surface area (Å²) in [6, 6.07) is 3.59. The smallest absolute Gasteiger partial charge is 0.0772 e. The molecule has 0 saturated carbocycles. The first-order chi connectivity index (χ1) is 7.29. The lowest BCUT2D eigenvalue weighted by atomic mass is 10.1. The molecule has 0 saturated heterocycles. The predicted octanol–water partition coefficient (Wildman–Crippen LogP) is 1.67. The van der Waals surface area contributed by atoms with Crippen LogP contribution in [-0.4, -0.2) is 18.7 Å². The Balaban J connectivity index is 2.61. The lowest BCUT2D eigenvalue weighted by Crippen LogP contribution is -2.29. The second-order valence-corrected chi connectivity index (χ2v) is 3.63. The zero-order valence-electron chi connectivity index (χ0n) is 8.74. The van der Waals surface area contributed by atoms with Crippen LogP contribution in [0.4, 0.5) is 0 Å². The number of nitrogens with one attached hydrogen (secondary N) is 1. The van der Waals surface area contributed by atoms with Gasteiger partial charge < -0.3 is 4.74 Å². The number of nitrogens with two attached hydrogens (primary N) is 1. The molecule has 0 aromatic carbocycles. The highest BCUT2D eigenvalue weighted by Crippen LogP contribution is 2.22. The van der Waals surface area contributed by atoms with Gasteiger partial charge in [0.25, 0.3) is 0 Å². The van der Waals surface area contributed by atoms with Crippen molar-refractivity contribution in [3.8, 4) is 0 Å². The lowest BCUT2D eigenvalue weighted by Gasteiger charge is -2.15. The number of nitrogens with zero attached hydrogens (tertiary/aromatic N) is 1. The van der Waals surface area contributed by atoms with E-state index in [1.807, 2.05) is 6.07 Å². The summed E-state index contributed by atoms with van der Waals surface area (Å²) in [6.45, 7) is 0.711. The van der Waals surface area contributed by atoms with Gasteiger partial charge in [0.1, 0.15) is 0 Å². The number of halogens is 1. The van der Waals surface area contributed by atoms with Gasteiger partial charge in [-0.3, -0.25) is 16.3 Å². The molecular formula is C10H16ClN3O. The zero-order valence-corrected chi connectivity index (χ0v) is 9.50. The van der Waals surface area contributed by atoms with Crippen molar-refractivity contribution in [2.45, 2.75) is 18.9 Å². The molecule has 15 heavy (non-hydrogen) atoms. The maximum atomic E-state index is 6.02. The molecule has 0 amide bonds. The first-order valence-corrected chi connectivity index (χ1v) is 5.23. The molecule has 0 radical (unpaired) electrons. The summed E-state index contributed by atoms with van der Waals surface area (Å²) in [5.41, 5.74) is 3.51. The zero-order chi connectivity index (χ0) is 11.1. The van der Waals surface area contributed by atoms with Gasteiger partial charge in [0.2, 0.25) is 0 Å². The van der Waals surface area contributed by atoms with E-state index in [1.165, 1.54) is 0 Å². The average Bonchev–Trinajstić information content (AvgIpc) is 2.26. The van der Waals surface area contributed by atoms with E-state index in [2.05, 4.69) is 10.4 Å². The summed E-state index contributed by atoms with van der Waals surface area (Å²) in [5, 5.41) is 0.637. The highest BCUT2D eigenvalue weighted by atomic mass is 35.5. The third kappa shape index (κ3) is 3.76. The van der Waals surface area contributed by atoms with Gasteiger partial charge >= 0.3 is 0 Å². The standard InChI is InChI=1S/C10H16ClN3O/c1-15-7-3-5-9(14-12)10-8(11)4-2-6-13-10/h2,4,6,9,14H,3,5,7,12H2,1H3. The first-order valence-electron chi connectivity index (χ1n) is 4.85. The Hall–Kier alpha value is -0.680. The van der Waals surface area contributed by atoms with E-state index in [-0.39, 0.29) is 6.04 Å². The second kappa shape index (κ2) is 6.74. The van der Waals surface area contributed by atoms with Gasteiger partial charge in [-0.1, -0.05) is 11.6 Å². The number of aromatic nitrogens is 1.